The average Bonchev–Trinajstić information content (AvgIpc) is 4.09. The maximum Gasteiger partial charge on any atom is 0.184 e. The molecule has 8 heteroatoms. The predicted molar refractivity (Wildman–Crippen MR) is 227 cm³/mol. The number of ketones is 1. The van der Waals surface area contributed by atoms with E-state index in [4.69, 9.17) is 20.3 Å². The van der Waals surface area contributed by atoms with Crippen LogP contribution in [-0.2, 0) is 29.6 Å². The summed E-state index contributed by atoms with van der Waals surface area (Å²) >= 11 is 0. The molecule has 5 aromatic carbocycles. The second-order valence-electron chi connectivity index (χ2n) is 15.9. The largest absolute Gasteiger partial charge is 0.305 e. The second kappa shape index (κ2) is 14.8. The van der Waals surface area contributed by atoms with Crippen molar-refractivity contribution in [2.24, 2.45) is 5.92 Å². The lowest BCUT2D eigenvalue weighted by Gasteiger charge is -2.36. The van der Waals surface area contributed by atoms with E-state index in [9.17, 15) is 4.79 Å². The molecular formula is C50H45N7O. The molecule has 2 aliphatic rings. The third-order valence-corrected chi connectivity index (χ3v) is 12.5. The molecule has 0 bridgehead atoms. The number of hydrogen-bond donors (Lipinski definition) is 0. The molecule has 2 aliphatic carbocycles. The molecule has 286 valence electrons. The Bertz CT molecular complexity index is 2680. The number of carbonyl (C=O) groups excluding carboxylic acids is 1. The van der Waals surface area contributed by atoms with Crippen LogP contribution in [0.5, 0.6) is 0 Å². The van der Waals surface area contributed by atoms with Gasteiger partial charge in [-0.15, -0.1) is 5.10 Å². The van der Waals surface area contributed by atoms with Gasteiger partial charge in [0, 0.05) is 30.0 Å². The number of aryl methyl sites for hydroxylation is 3. The van der Waals surface area contributed by atoms with Gasteiger partial charge in [0.05, 0.1) is 6.04 Å². The monoisotopic (exact) mass is 759 g/mol. The normalized spacial score (nSPS) is 16.6. The zero-order chi connectivity index (χ0) is 39.2. The van der Waals surface area contributed by atoms with Crippen molar-refractivity contribution in [2.45, 2.75) is 70.4 Å². The number of rotatable bonds is 10. The zero-order valence-electron chi connectivity index (χ0n) is 32.9. The Labute approximate surface area is 338 Å². The number of fused-ring (bicyclic) bond motifs is 2. The molecule has 1 fully saturated rings. The number of carbonyl (C=O) groups is 1. The second-order valence-corrected chi connectivity index (χ2v) is 15.9. The van der Waals surface area contributed by atoms with Crippen molar-refractivity contribution in [3.8, 4) is 22.5 Å². The Balaban J connectivity index is 1.07. The Hall–Kier alpha value is -6.54. The lowest BCUT2D eigenvalue weighted by atomic mass is 9.77. The van der Waals surface area contributed by atoms with Gasteiger partial charge in [0.15, 0.2) is 11.5 Å². The van der Waals surface area contributed by atoms with Crippen LogP contribution >= 0.6 is 0 Å². The maximum atomic E-state index is 12.6. The Kier molecular flexibility index (Phi) is 9.12. The van der Waals surface area contributed by atoms with Gasteiger partial charge >= 0.3 is 0 Å². The molecule has 3 aromatic heterocycles. The molecule has 0 N–H and O–H groups in total. The van der Waals surface area contributed by atoms with E-state index < -0.39 is 5.54 Å². The van der Waals surface area contributed by atoms with E-state index >= 15 is 0 Å². The van der Waals surface area contributed by atoms with Gasteiger partial charge in [-0.3, -0.25) is 4.79 Å². The summed E-state index contributed by atoms with van der Waals surface area (Å²) in [6.45, 7) is 4.31. The van der Waals surface area contributed by atoms with Gasteiger partial charge < -0.3 is 4.57 Å². The predicted octanol–water partition coefficient (Wildman–Crippen LogP) is 9.91. The molecule has 0 aliphatic heterocycles. The summed E-state index contributed by atoms with van der Waals surface area (Å²) in [7, 11) is 0. The van der Waals surface area contributed by atoms with Crippen molar-refractivity contribution < 1.29 is 4.79 Å². The molecule has 58 heavy (non-hydrogen) atoms. The van der Waals surface area contributed by atoms with E-state index in [-0.39, 0.29) is 12.0 Å². The van der Waals surface area contributed by atoms with E-state index in [1.807, 2.05) is 22.9 Å². The number of imidazole rings is 1. The Morgan fingerprint density at radius 2 is 1.38 bits per heavy atom. The van der Waals surface area contributed by atoms with E-state index in [1.54, 1.807) is 0 Å². The maximum absolute atomic E-state index is 12.6. The fourth-order valence-electron chi connectivity index (χ4n) is 9.81. The first-order valence-corrected chi connectivity index (χ1v) is 20.6. The number of Topliss-reactive ketones (excluding diaryl/α,β-unsaturated/α-hetero) is 1. The molecule has 0 saturated heterocycles. The minimum absolute atomic E-state index is 0.0796. The van der Waals surface area contributed by atoms with Gasteiger partial charge in [-0.2, -0.15) is 0 Å². The highest BCUT2D eigenvalue weighted by molar-refractivity contribution is 5.84. The molecule has 8 aromatic rings. The van der Waals surface area contributed by atoms with E-state index in [1.165, 1.54) is 11.1 Å². The first-order valence-electron chi connectivity index (χ1n) is 20.6. The minimum atomic E-state index is -0.857. The number of pyridine rings is 1. The van der Waals surface area contributed by atoms with Gasteiger partial charge in [-0.1, -0.05) is 140 Å². The van der Waals surface area contributed by atoms with Crippen molar-refractivity contribution in [2.75, 3.05) is 0 Å². The highest BCUT2D eigenvalue weighted by Gasteiger charge is 2.42. The quantitative estimate of drug-likeness (QED) is 0.129. The summed E-state index contributed by atoms with van der Waals surface area (Å²) in [4.78, 5) is 23.0. The van der Waals surface area contributed by atoms with Crippen LogP contribution in [0.15, 0.2) is 140 Å². The van der Waals surface area contributed by atoms with Crippen molar-refractivity contribution >= 4 is 16.9 Å². The first kappa shape index (κ1) is 35.8. The van der Waals surface area contributed by atoms with Crippen LogP contribution in [0.4, 0.5) is 0 Å². The topological polar surface area (TPSA) is 91.4 Å². The van der Waals surface area contributed by atoms with Crippen molar-refractivity contribution in [1.82, 2.24) is 34.7 Å². The fourth-order valence-corrected chi connectivity index (χ4v) is 9.81. The van der Waals surface area contributed by atoms with Crippen molar-refractivity contribution in [3.63, 3.8) is 0 Å². The number of aromatic nitrogens is 7. The van der Waals surface area contributed by atoms with Crippen LogP contribution in [0, 0.1) is 12.8 Å². The third-order valence-electron chi connectivity index (χ3n) is 12.5. The van der Waals surface area contributed by atoms with Crippen LogP contribution < -0.4 is 0 Å². The Morgan fingerprint density at radius 1 is 0.724 bits per heavy atom. The summed E-state index contributed by atoms with van der Waals surface area (Å²) in [5.74, 6) is 2.19. The number of hydrogen-bond acceptors (Lipinski definition) is 6. The van der Waals surface area contributed by atoms with Crippen LogP contribution in [0.25, 0.3) is 33.7 Å². The first-order chi connectivity index (χ1) is 28.5. The van der Waals surface area contributed by atoms with Crippen molar-refractivity contribution in [3.05, 3.63) is 184 Å². The minimum Gasteiger partial charge on any atom is -0.305 e. The molecule has 0 radical (unpaired) electrons. The van der Waals surface area contributed by atoms with Crippen LogP contribution in [0.3, 0.4) is 0 Å². The smallest absolute Gasteiger partial charge is 0.184 e. The standard InChI is InChI=1S/C50H45N7O/c1-3-46-52-47-33(2)30-40(32-36-16-15-25-45(36)58)51-49(47)56(46)44-29-27-35-31-34(26-28-42(35)44)41-23-13-14-24-43(41)48-53-54-55-57(48)50(37-17-7-4-8-18-37,38-19-9-5-10-20-38)39-21-11-6-12-22-39/h4-14,17-24,26,28,30-31,36,44H,3,15-16,25,27,29,32H2,1-2H3. The summed E-state index contributed by atoms with van der Waals surface area (Å²) in [6, 6.07) is 49.3. The number of benzene rings is 5. The molecule has 2 atom stereocenters. The zero-order valence-corrected chi connectivity index (χ0v) is 32.9. The van der Waals surface area contributed by atoms with Gasteiger partial charge in [0.25, 0.3) is 0 Å². The van der Waals surface area contributed by atoms with Gasteiger partial charge in [-0.05, 0) is 100 Å². The van der Waals surface area contributed by atoms with E-state index in [0.29, 0.717) is 24.4 Å². The van der Waals surface area contributed by atoms with Crippen LogP contribution in [0.2, 0.25) is 0 Å². The lowest BCUT2D eigenvalue weighted by molar-refractivity contribution is -0.120. The summed E-state index contributed by atoms with van der Waals surface area (Å²) < 4.78 is 4.41. The number of tetrazole rings is 1. The molecule has 10 rings (SSSR count). The van der Waals surface area contributed by atoms with Gasteiger partial charge in [0.2, 0.25) is 0 Å². The molecular weight excluding hydrogens is 715 g/mol. The van der Waals surface area contributed by atoms with Crippen molar-refractivity contribution in [1.29, 1.82) is 0 Å². The highest BCUT2D eigenvalue weighted by atomic mass is 16.1. The third kappa shape index (κ3) is 5.89. The molecule has 2 unspecified atom stereocenters. The highest BCUT2D eigenvalue weighted by Crippen LogP contribution is 2.45. The molecule has 3 heterocycles. The fraction of sp³-hybridized carbons (Fsp3) is 0.240. The molecule has 1 saturated carbocycles. The van der Waals surface area contributed by atoms with Gasteiger partial charge in [-0.25, -0.2) is 14.6 Å². The Morgan fingerprint density at radius 3 is 2.02 bits per heavy atom. The molecule has 0 spiro atoms. The summed E-state index contributed by atoms with van der Waals surface area (Å²) in [5, 5.41) is 14.0. The summed E-state index contributed by atoms with van der Waals surface area (Å²) in [5.41, 5.74) is 12.1. The van der Waals surface area contributed by atoms with Crippen LogP contribution in [0.1, 0.15) is 83.5 Å². The SMILES string of the molecule is CCc1nc2c(C)cc(CC3CCCC3=O)nc2n1C1CCc2cc(-c3ccccc3-c3nnnn3C(c3ccccc3)(c3ccccc3)c3ccccc3)ccc21. The van der Waals surface area contributed by atoms with E-state index in [2.05, 4.69) is 145 Å². The van der Waals surface area contributed by atoms with Gasteiger partial charge in [0.1, 0.15) is 22.7 Å². The van der Waals surface area contributed by atoms with Crippen LogP contribution in [-0.4, -0.2) is 40.5 Å². The van der Waals surface area contributed by atoms with E-state index in [0.717, 1.165) is 93.7 Å². The lowest BCUT2D eigenvalue weighted by Crippen LogP contribution is -2.39. The summed E-state index contributed by atoms with van der Waals surface area (Å²) in [6.07, 6.45) is 6.08. The number of nitrogens with zero attached hydrogens (tertiary/aromatic N) is 7. The molecule has 8 nitrogen and oxygen atoms in total. The average molecular weight is 760 g/mol. The molecule has 0 amide bonds.